The predicted molar refractivity (Wildman–Crippen MR) is 76.4 cm³/mol. The van der Waals surface area contributed by atoms with E-state index in [0.717, 1.165) is 5.75 Å². The summed E-state index contributed by atoms with van der Waals surface area (Å²) in [7, 11) is 0. The summed E-state index contributed by atoms with van der Waals surface area (Å²) in [5, 5.41) is 11.5. The Hall–Kier alpha value is -2.69. The van der Waals surface area contributed by atoms with Gasteiger partial charge in [0.05, 0.1) is 0 Å². The maximum atomic E-state index is 8.55. The molecule has 0 fully saturated rings. The Morgan fingerprint density at radius 3 is 2.00 bits per heavy atom. The minimum absolute atomic E-state index is 0.0731. The molecule has 0 radical (unpaired) electrons. The zero-order valence-corrected chi connectivity index (χ0v) is 10.9. The lowest BCUT2D eigenvalue weighted by molar-refractivity contribution is 0.217. The van der Waals surface area contributed by atoms with Crippen molar-refractivity contribution in [3.05, 3.63) is 60.2 Å². The second-order valence-corrected chi connectivity index (χ2v) is 4.02. The van der Waals surface area contributed by atoms with Gasteiger partial charge in [0.2, 0.25) is 0 Å². The molecular weight excluding hydrogens is 256 g/mol. The lowest BCUT2D eigenvalue weighted by Crippen LogP contribution is -2.13. The highest BCUT2D eigenvalue weighted by Crippen LogP contribution is 2.12. The highest BCUT2D eigenvalue weighted by Gasteiger charge is 2.00. The molecule has 20 heavy (non-hydrogen) atoms. The van der Waals surface area contributed by atoms with Crippen molar-refractivity contribution in [2.75, 3.05) is 13.2 Å². The Kier molecular flexibility index (Phi) is 4.83. The van der Waals surface area contributed by atoms with E-state index in [1.165, 1.54) is 0 Å². The smallest absolute Gasteiger partial charge is 0.170 e. The topological polar surface area (TPSA) is 77.1 Å². The van der Waals surface area contributed by atoms with Crippen LogP contribution < -0.4 is 15.2 Å². The van der Waals surface area contributed by atoms with E-state index in [2.05, 4.69) is 5.16 Å². The van der Waals surface area contributed by atoms with Gasteiger partial charge < -0.3 is 20.4 Å². The van der Waals surface area contributed by atoms with Crippen LogP contribution in [0.4, 0.5) is 0 Å². The van der Waals surface area contributed by atoms with E-state index in [1.54, 1.807) is 24.3 Å². The molecule has 5 nitrogen and oxygen atoms in total. The normalized spacial score (nSPS) is 11.1. The van der Waals surface area contributed by atoms with Gasteiger partial charge in [0.1, 0.15) is 24.7 Å². The van der Waals surface area contributed by atoms with Crippen LogP contribution in [-0.4, -0.2) is 24.3 Å². The van der Waals surface area contributed by atoms with Crippen LogP contribution in [0.2, 0.25) is 0 Å². The summed E-state index contributed by atoms with van der Waals surface area (Å²) in [4.78, 5) is 0. The van der Waals surface area contributed by atoms with E-state index in [1.807, 2.05) is 30.3 Å². The summed E-state index contributed by atoms with van der Waals surface area (Å²) < 4.78 is 11.0. The van der Waals surface area contributed by atoms with Gasteiger partial charge in [-0.2, -0.15) is 0 Å². The Bertz CT molecular complexity index is 553. The van der Waals surface area contributed by atoms with Gasteiger partial charge in [0, 0.05) is 5.56 Å². The van der Waals surface area contributed by atoms with Crippen molar-refractivity contribution >= 4 is 5.84 Å². The van der Waals surface area contributed by atoms with Crippen molar-refractivity contribution < 1.29 is 14.7 Å². The largest absolute Gasteiger partial charge is 0.490 e. The van der Waals surface area contributed by atoms with E-state index in [9.17, 15) is 0 Å². The Labute approximate surface area is 117 Å². The van der Waals surface area contributed by atoms with Crippen molar-refractivity contribution in [2.24, 2.45) is 10.9 Å². The molecule has 5 heteroatoms. The Morgan fingerprint density at radius 1 is 0.900 bits per heavy atom. The first kappa shape index (κ1) is 13.7. The van der Waals surface area contributed by atoms with E-state index in [4.69, 9.17) is 20.4 Å². The number of oxime groups is 1. The van der Waals surface area contributed by atoms with Gasteiger partial charge in [-0.15, -0.1) is 0 Å². The molecular formula is C15H16N2O3. The molecule has 0 bridgehead atoms. The summed E-state index contributed by atoms with van der Waals surface area (Å²) in [5.74, 6) is 1.60. The monoisotopic (exact) mass is 272 g/mol. The van der Waals surface area contributed by atoms with Crippen molar-refractivity contribution in [2.45, 2.75) is 0 Å². The van der Waals surface area contributed by atoms with Crippen LogP contribution in [0.1, 0.15) is 5.56 Å². The summed E-state index contributed by atoms with van der Waals surface area (Å²) >= 11 is 0. The third kappa shape index (κ3) is 3.91. The zero-order valence-electron chi connectivity index (χ0n) is 10.9. The third-order valence-electron chi connectivity index (χ3n) is 2.62. The fourth-order valence-corrected chi connectivity index (χ4v) is 1.62. The maximum Gasteiger partial charge on any atom is 0.170 e. The number of ether oxygens (including phenoxy) is 2. The molecule has 0 amide bonds. The van der Waals surface area contributed by atoms with Gasteiger partial charge in [0.15, 0.2) is 5.84 Å². The van der Waals surface area contributed by atoms with Crippen LogP contribution in [-0.2, 0) is 0 Å². The molecule has 0 saturated heterocycles. The van der Waals surface area contributed by atoms with Crippen LogP contribution >= 0.6 is 0 Å². The number of nitrogens with two attached hydrogens (primary N) is 1. The molecule has 2 aromatic rings. The van der Waals surface area contributed by atoms with Crippen LogP contribution in [0.25, 0.3) is 0 Å². The molecule has 104 valence electrons. The summed E-state index contributed by atoms with van der Waals surface area (Å²) in [6.07, 6.45) is 0. The standard InChI is InChI=1S/C15H16N2O3/c16-15(17-18)12-6-8-14(9-7-12)20-11-10-19-13-4-2-1-3-5-13/h1-9,18H,10-11H2,(H2,16,17). The first-order valence-electron chi connectivity index (χ1n) is 6.18. The summed E-state index contributed by atoms with van der Waals surface area (Å²) in [6, 6.07) is 16.5. The minimum atomic E-state index is 0.0731. The molecule has 0 saturated carbocycles. The first-order chi connectivity index (χ1) is 9.79. The lowest BCUT2D eigenvalue weighted by Gasteiger charge is -2.08. The number of amidine groups is 1. The van der Waals surface area contributed by atoms with Gasteiger partial charge in [0.25, 0.3) is 0 Å². The number of hydrogen-bond donors (Lipinski definition) is 2. The fourth-order valence-electron chi connectivity index (χ4n) is 1.62. The number of nitrogens with zero attached hydrogens (tertiary/aromatic N) is 1. The predicted octanol–water partition coefficient (Wildman–Crippen LogP) is 2.24. The molecule has 0 aliphatic heterocycles. The molecule has 3 N–H and O–H groups in total. The number of benzene rings is 2. The van der Waals surface area contributed by atoms with E-state index >= 15 is 0 Å². The highest BCUT2D eigenvalue weighted by molar-refractivity contribution is 5.97. The molecule has 0 aliphatic rings. The number of para-hydroxylation sites is 1. The van der Waals surface area contributed by atoms with Gasteiger partial charge >= 0.3 is 0 Å². The summed E-state index contributed by atoms with van der Waals surface area (Å²) in [5.41, 5.74) is 6.11. The quantitative estimate of drug-likeness (QED) is 0.278. The fraction of sp³-hybridized carbons (Fsp3) is 0.133. The molecule has 0 aliphatic carbocycles. The third-order valence-corrected chi connectivity index (χ3v) is 2.62. The number of rotatable bonds is 6. The molecule has 2 rings (SSSR count). The Morgan fingerprint density at radius 2 is 1.45 bits per heavy atom. The molecule has 0 heterocycles. The van der Waals surface area contributed by atoms with Crippen LogP contribution in [0.3, 0.4) is 0 Å². The average Bonchev–Trinajstić information content (AvgIpc) is 2.52. The first-order valence-corrected chi connectivity index (χ1v) is 6.18. The van der Waals surface area contributed by atoms with Crippen LogP contribution in [0, 0.1) is 0 Å². The maximum absolute atomic E-state index is 8.55. The van der Waals surface area contributed by atoms with E-state index in [-0.39, 0.29) is 5.84 Å². The van der Waals surface area contributed by atoms with Crippen molar-refractivity contribution in [1.29, 1.82) is 0 Å². The van der Waals surface area contributed by atoms with Gasteiger partial charge in [-0.25, -0.2) is 0 Å². The number of hydrogen-bond acceptors (Lipinski definition) is 4. The van der Waals surface area contributed by atoms with Gasteiger partial charge in [-0.3, -0.25) is 0 Å². The highest BCUT2D eigenvalue weighted by atomic mass is 16.5. The van der Waals surface area contributed by atoms with E-state index in [0.29, 0.717) is 24.5 Å². The SMILES string of the molecule is N/C(=N\O)c1ccc(OCCOc2ccccc2)cc1. The lowest BCUT2D eigenvalue weighted by atomic mass is 10.2. The van der Waals surface area contributed by atoms with Crippen molar-refractivity contribution in [3.8, 4) is 11.5 Å². The molecule has 0 atom stereocenters. The second kappa shape index (κ2) is 7.04. The average molecular weight is 272 g/mol. The minimum Gasteiger partial charge on any atom is -0.490 e. The molecule has 0 spiro atoms. The molecule has 2 aromatic carbocycles. The molecule has 0 unspecified atom stereocenters. The van der Waals surface area contributed by atoms with Crippen LogP contribution in [0.15, 0.2) is 59.8 Å². The van der Waals surface area contributed by atoms with Crippen LogP contribution in [0.5, 0.6) is 11.5 Å². The van der Waals surface area contributed by atoms with Gasteiger partial charge in [-0.1, -0.05) is 23.4 Å². The second-order valence-electron chi connectivity index (χ2n) is 4.02. The van der Waals surface area contributed by atoms with Crippen molar-refractivity contribution in [3.63, 3.8) is 0 Å². The zero-order chi connectivity index (χ0) is 14.2. The van der Waals surface area contributed by atoms with Gasteiger partial charge in [-0.05, 0) is 36.4 Å². The molecule has 0 aromatic heterocycles. The van der Waals surface area contributed by atoms with E-state index < -0.39 is 0 Å². The Balaban J connectivity index is 1.77. The summed E-state index contributed by atoms with van der Waals surface area (Å²) in [6.45, 7) is 0.907. The van der Waals surface area contributed by atoms with Crippen molar-refractivity contribution in [1.82, 2.24) is 0 Å².